The molecule has 0 bridgehead atoms. The second-order valence-electron chi connectivity index (χ2n) is 5.51. The number of hydroxylamine groups is 2. The number of allylic oxidation sites excluding steroid dienone is 1. The van der Waals surface area contributed by atoms with Gasteiger partial charge in [-0.2, -0.15) is 0 Å². The van der Waals surface area contributed by atoms with E-state index in [4.69, 9.17) is 9.57 Å². The topological polar surface area (TPSA) is 72.9 Å². The van der Waals surface area contributed by atoms with Gasteiger partial charge in [-0.05, 0) is 26.2 Å². The Hall–Kier alpha value is -1.69. The van der Waals surface area contributed by atoms with Gasteiger partial charge in [0.1, 0.15) is 6.61 Å². The van der Waals surface area contributed by atoms with Gasteiger partial charge in [0.15, 0.2) is 0 Å². The standard InChI is InChI=1S/C15H21NO5/c1-11-5-3-2-4-6-12(9-11)20-10-15(19)21-16-13(17)7-8-14(16)18/h9,12H,2-8,10H2,1H3/b11-9-. The van der Waals surface area contributed by atoms with Crippen LogP contribution in [0.2, 0.25) is 0 Å². The molecule has 2 rings (SSSR count). The summed E-state index contributed by atoms with van der Waals surface area (Å²) in [6.07, 6.45) is 7.46. The molecule has 2 amide bonds. The van der Waals surface area contributed by atoms with Crippen molar-refractivity contribution in [3.05, 3.63) is 11.6 Å². The van der Waals surface area contributed by atoms with Crippen LogP contribution < -0.4 is 0 Å². The molecule has 0 radical (unpaired) electrons. The summed E-state index contributed by atoms with van der Waals surface area (Å²) in [5, 5.41) is 0.547. The van der Waals surface area contributed by atoms with Crippen LogP contribution in [0.15, 0.2) is 11.6 Å². The van der Waals surface area contributed by atoms with Crippen LogP contribution in [0.25, 0.3) is 0 Å². The summed E-state index contributed by atoms with van der Waals surface area (Å²) >= 11 is 0. The van der Waals surface area contributed by atoms with Gasteiger partial charge in [-0.1, -0.05) is 24.5 Å². The highest BCUT2D eigenvalue weighted by molar-refractivity contribution is 6.01. The molecule has 0 aromatic rings. The van der Waals surface area contributed by atoms with Crippen molar-refractivity contribution >= 4 is 17.8 Å². The maximum Gasteiger partial charge on any atom is 0.358 e. The number of carbonyl (C=O) groups is 3. The number of ether oxygens (including phenoxy) is 1. The first kappa shape index (κ1) is 15.7. The van der Waals surface area contributed by atoms with Crippen molar-refractivity contribution in [2.45, 2.75) is 58.0 Å². The Morgan fingerprint density at radius 2 is 1.90 bits per heavy atom. The third-order valence-corrected chi connectivity index (χ3v) is 3.64. The van der Waals surface area contributed by atoms with E-state index in [0.29, 0.717) is 5.06 Å². The van der Waals surface area contributed by atoms with Crippen molar-refractivity contribution in [2.75, 3.05) is 6.61 Å². The highest BCUT2D eigenvalue weighted by Gasteiger charge is 2.32. The quantitative estimate of drug-likeness (QED) is 0.585. The zero-order valence-corrected chi connectivity index (χ0v) is 12.3. The van der Waals surface area contributed by atoms with Crippen LogP contribution in [0.1, 0.15) is 51.9 Å². The molecule has 0 N–H and O–H groups in total. The van der Waals surface area contributed by atoms with Crippen LogP contribution in [0.3, 0.4) is 0 Å². The smallest absolute Gasteiger partial charge is 0.358 e. The minimum Gasteiger partial charge on any atom is -0.362 e. The fourth-order valence-electron chi connectivity index (χ4n) is 2.50. The zero-order valence-electron chi connectivity index (χ0n) is 12.3. The average molecular weight is 295 g/mol. The molecule has 1 atom stereocenters. The van der Waals surface area contributed by atoms with Gasteiger partial charge in [0.2, 0.25) is 0 Å². The van der Waals surface area contributed by atoms with Crippen molar-refractivity contribution in [2.24, 2.45) is 0 Å². The van der Waals surface area contributed by atoms with Gasteiger partial charge in [0.25, 0.3) is 11.8 Å². The lowest BCUT2D eigenvalue weighted by Gasteiger charge is -2.18. The Balaban J connectivity index is 1.80. The number of hydrogen-bond acceptors (Lipinski definition) is 5. The van der Waals surface area contributed by atoms with Crippen molar-refractivity contribution in [3.8, 4) is 0 Å². The van der Waals surface area contributed by atoms with Gasteiger partial charge >= 0.3 is 5.97 Å². The summed E-state index contributed by atoms with van der Waals surface area (Å²) in [6, 6.07) is 0. The maximum atomic E-state index is 11.7. The summed E-state index contributed by atoms with van der Waals surface area (Å²) in [5.41, 5.74) is 1.26. The third kappa shape index (κ3) is 4.67. The lowest BCUT2D eigenvalue weighted by Crippen LogP contribution is -2.34. The zero-order chi connectivity index (χ0) is 15.2. The van der Waals surface area contributed by atoms with Gasteiger partial charge < -0.3 is 9.57 Å². The minimum absolute atomic E-state index is 0.0948. The summed E-state index contributed by atoms with van der Waals surface area (Å²) < 4.78 is 5.53. The molecule has 6 nitrogen and oxygen atoms in total. The van der Waals surface area contributed by atoms with E-state index >= 15 is 0 Å². The van der Waals surface area contributed by atoms with E-state index in [0.717, 1.165) is 25.7 Å². The number of nitrogens with zero attached hydrogens (tertiary/aromatic N) is 1. The molecule has 21 heavy (non-hydrogen) atoms. The van der Waals surface area contributed by atoms with E-state index in [1.807, 2.05) is 6.08 Å². The van der Waals surface area contributed by atoms with Gasteiger partial charge in [-0.15, -0.1) is 5.06 Å². The minimum atomic E-state index is -0.716. The fraction of sp³-hybridized carbons (Fsp3) is 0.667. The molecule has 6 heteroatoms. The SMILES string of the molecule is C/C1=C/C(OCC(=O)ON2C(=O)CCC2=O)CCCCC1. The number of rotatable bonds is 4. The van der Waals surface area contributed by atoms with Gasteiger partial charge in [0.05, 0.1) is 6.10 Å². The summed E-state index contributed by atoms with van der Waals surface area (Å²) in [5.74, 6) is -1.67. The van der Waals surface area contributed by atoms with Crippen LogP contribution in [0, 0.1) is 0 Å². The van der Waals surface area contributed by atoms with Crippen molar-refractivity contribution in [3.63, 3.8) is 0 Å². The summed E-state index contributed by atoms with van der Waals surface area (Å²) in [7, 11) is 0. The number of carbonyl (C=O) groups excluding carboxylic acids is 3. The molecule has 1 fully saturated rings. The normalized spacial score (nSPS) is 26.0. The Labute approximate surface area is 124 Å². The van der Waals surface area contributed by atoms with E-state index in [2.05, 4.69) is 6.92 Å². The lowest BCUT2D eigenvalue weighted by molar-refractivity contribution is -0.201. The Morgan fingerprint density at radius 1 is 1.19 bits per heavy atom. The first-order chi connectivity index (χ1) is 10.1. The number of amides is 2. The van der Waals surface area contributed by atoms with Crippen LogP contribution in [0.5, 0.6) is 0 Å². The molecule has 1 saturated heterocycles. The van der Waals surface area contributed by atoms with Crippen molar-refractivity contribution in [1.82, 2.24) is 5.06 Å². The van der Waals surface area contributed by atoms with Crippen molar-refractivity contribution < 1.29 is 24.0 Å². The third-order valence-electron chi connectivity index (χ3n) is 3.64. The highest BCUT2D eigenvalue weighted by Crippen LogP contribution is 2.19. The lowest BCUT2D eigenvalue weighted by atomic mass is 9.99. The molecular weight excluding hydrogens is 274 g/mol. The van der Waals surface area contributed by atoms with E-state index in [9.17, 15) is 14.4 Å². The molecule has 1 unspecified atom stereocenters. The van der Waals surface area contributed by atoms with Crippen LogP contribution in [0.4, 0.5) is 0 Å². The molecule has 1 aliphatic carbocycles. The molecule has 116 valence electrons. The molecule has 1 aliphatic heterocycles. The second kappa shape index (κ2) is 7.36. The van der Waals surface area contributed by atoms with E-state index < -0.39 is 17.8 Å². The van der Waals surface area contributed by atoms with Gasteiger partial charge in [-0.3, -0.25) is 9.59 Å². The van der Waals surface area contributed by atoms with Crippen molar-refractivity contribution in [1.29, 1.82) is 0 Å². The summed E-state index contributed by atoms with van der Waals surface area (Å²) in [4.78, 5) is 39.1. The first-order valence-corrected chi connectivity index (χ1v) is 7.42. The summed E-state index contributed by atoms with van der Waals surface area (Å²) in [6.45, 7) is 1.80. The van der Waals surface area contributed by atoms with Crippen LogP contribution >= 0.6 is 0 Å². The first-order valence-electron chi connectivity index (χ1n) is 7.42. The Morgan fingerprint density at radius 3 is 2.62 bits per heavy atom. The monoisotopic (exact) mass is 295 g/mol. The average Bonchev–Trinajstić information content (AvgIpc) is 2.73. The molecule has 2 aliphatic rings. The predicted octanol–water partition coefficient (Wildman–Crippen LogP) is 1.89. The number of hydrogen-bond donors (Lipinski definition) is 0. The molecular formula is C15H21NO5. The molecule has 0 aromatic carbocycles. The van der Waals surface area contributed by atoms with Gasteiger partial charge in [0, 0.05) is 12.8 Å². The van der Waals surface area contributed by atoms with E-state index in [-0.39, 0.29) is 25.6 Å². The second-order valence-corrected chi connectivity index (χ2v) is 5.51. The van der Waals surface area contributed by atoms with Gasteiger partial charge in [-0.25, -0.2) is 4.79 Å². The predicted molar refractivity (Wildman–Crippen MR) is 73.8 cm³/mol. The Bertz CT molecular complexity index is 441. The largest absolute Gasteiger partial charge is 0.362 e. The number of imide groups is 1. The fourth-order valence-corrected chi connectivity index (χ4v) is 2.50. The molecule has 0 aromatic heterocycles. The van der Waals surface area contributed by atoms with Crippen LogP contribution in [-0.4, -0.2) is 35.6 Å². The Kier molecular flexibility index (Phi) is 5.50. The molecule has 0 saturated carbocycles. The molecule has 0 spiro atoms. The van der Waals surface area contributed by atoms with E-state index in [1.54, 1.807) is 0 Å². The molecule has 1 heterocycles. The van der Waals surface area contributed by atoms with Crippen LogP contribution in [-0.2, 0) is 24.0 Å². The highest BCUT2D eigenvalue weighted by atomic mass is 16.7. The maximum absolute atomic E-state index is 11.7. The van der Waals surface area contributed by atoms with E-state index in [1.165, 1.54) is 12.0 Å².